The molecule has 0 bridgehead atoms. The molecule has 284 valence electrons. The lowest BCUT2D eigenvalue weighted by Crippen LogP contribution is -2.65. The van der Waals surface area contributed by atoms with E-state index in [1.807, 2.05) is 0 Å². The van der Waals surface area contributed by atoms with Crippen molar-refractivity contribution in [1.82, 2.24) is 0 Å². The van der Waals surface area contributed by atoms with Crippen LogP contribution in [0.15, 0.2) is 0 Å². The van der Waals surface area contributed by atoms with Crippen molar-refractivity contribution >= 4 is 39.8 Å². The third kappa shape index (κ3) is 16.0. The van der Waals surface area contributed by atoms with Crippen molar-refractivity contribution in [1.29, 1.82) is 0 Å². The highest BCUT2D eigenvalue weighted by molar-refractivity contribution is 6.92. The summed E-state index contributed by atoms with van der Waals surface area (Å²) in [6, 6.07) is 0. The van der Waals surface area contributed by atoms with Gasteiger partial charge < -0.3 is 4.12 Å². The molecule has 0 N–H and O–H groups in total. The molecule has 5 heteroatoms. The van der Waals surface area contributed by atoms with Crippen LogP contribution in [0.1, 0.15) is 224 Å². The second-order valence-corrected chi connectivity index (χ2v) is 30.1. The molecule has 0 aliphatic heterocycles. The van der Waals surface area contributed by atoms with Gasteiger partial charge >= 0.3 is 0 Å². The van der Waals surface area contributed by atoms with Crippen molar-refractivity contribution in [2.24, 2.45) is 0 Å². The largest absolute Gasteiger partial charge is 0.453 e. The first kappa shape index (κ1) is 48.0. The van der Waals surface area contributed by atoms with E-state index in [1.165, 1.54) is 141 Å². The molecule has 0 aromatic carbocycles. The zero-order valence-electron chi connectivity index (χ0n) is 34.4. The maximum absolute atomic E-state index is 8.36. The summed E-state index contributed by atoms with van der Waals surface area (Å²) in [5, 5.41) is 0.527. The van der Waals surface area contributed by atoms with Crippen molar-refractivity contribution in [3.05, 3.63) is 0 Å². The minimum atomic E-state index is -2.18. The molecule has 0 spiro atoms. The summed E-state index contributed by atoms with van der Waals surface area (Å²) in [5.41, 5.74) is 2.47. The van der Waals surface area contributed by atoms with Gasteiger partial charge in [-0.15, -0.1) is 23.2 Å². The Bertz CT molecular complexity index is 658. The van der Waals surface area contributed by atoms with Gasteiger partial charge in [-0.1, -0.05) is 199 Å². The quantitative estimate of drug-likeness (QED) is 0.0380. The molecule has 0 saturated carbocycles. The summed E-state index contributed by atoms with van der Waals surface area (Å²) in [7, 11) is -4.37. The fourth-order valence-corrected chi connectivity index (χ4v) is 28.7. The van der Waals surface area contributed by atoms with Gasteiger partial charge in [0.2, 0.25) is 0 Å². The van der Waals surface area contributed by atoms with Gasteiger partial charge in [-0.3, -0.25) is 0 Å². The molecule has 0 radical (unpaired) electrons. The van der Waals surface area contributed by atoms with Crippen LogP contribution in [0.5, 0.6) is 0 Å². The highest BCUT2D eigenvalue weighted by Gasteiger charge is 2.62. The van der Waals surface area contributed by atoms with Crippen LogP contribution in [0.25, 0.3) is 0 Å². The van der Waals surface area contributed by atoms with E-state index in [-0.39, 0.29) is 10.1 Å². The maximum atomic E-state index is 8.36. The summed E-state index contributed by atoms with van der Waals surface area (Å²) in [4.78, 5) is 0. The van der Waals surface area contributed by atoms with Crippen LogP contribution in [0.3, 0.4) is 0 Å². The third-order valence-corrected chi connectivity index (χ3v) is 27.1. The molecule has 47 heavy (non-hydrogen) atoms. The molecule has 0 rings (SSSR count). The van der Waals surface area contributed by atoms with E-state index in [0.717, 1.165) is 11.8 Å². The summed E-state index contributed by atoms with van der Waals surface area (Å²) in [6.45, 7) is 30.8. The van der Waals surface area contributed by atoms with Crippen molar-refractivity contribution < 1.29 is 4.12 Å². The zero-order chi connectivity index (χ0) is 36.0. The van der Waals surface area contributed by atoms with Crippen LogP contribution in [-0.4, -0.2) is 28.4 Å². The van der Waals surface area contributed by atoms with Crippen LogP contribution < -0.4 is 0 Å². The molecule has 0 heterocycles. The van der Waals surface area contributed by atoms with Gasteiger partial charge in [-0.25, -0.2) is 0 Å². The number of rotatable bonds is 32. The predicted octanol–water partition coefficient (Wildman–Crippen LogP) is 17.2. The van der Waals surface area contributed by atoms with Crippen molar-refractivity contribution in [3.63, 3.8) is 0 Å². The lowest BCUT2D eigenvalue weighted by atomic mass is 10.0. The Hall–Kier alpha value is 0.974. The minimum Gasteiger partial charge on any atom is -0.453 e. The van der Waals surface area contributed by atoms with Crippen molar-refractivity contribution in [2.75, 3.05) is 11.8 Å². The van der Waals surface area contributed by atoms with Gasteiger partial charge in [-0.05, 0) is 57.9 Å². The highest BCUT2D eigenvalue weighted by Crippen LogP contribution is 2.62. The average Bonchev–Trinajstić information content (AvgIpc) is 2.98. The number of hydrogen-bond acceptors (Lipinski definition) is 1. The Morgan fingerprint density at radius 2 is 0.553 bits per heavy atom. The van der Waals surface area contributed by atoms with E-state index in [2.05, 4.69) is 83.1 Å². The monoisotopic (exact) mass is 735 g/mol. The Balaban J connectivity index is 5.50. The smallest absolute Gasteiger partial charge is 0.190 e. The van der Waals surface area contributed by atoms with E-state index in [0.29, 0.717) is 22.2 Å². The lowest BCUT2D eigenvalue weighted by molar-refractivity contribution is 0.342. The zero-order valence-corrected chi connectivity index (χ0v) is 38.0. The maximum Gasteiger partial charge on any atom is 0.190 e. The summed E-state index contributed by atoms with van der Waals surface area (Å²) in [6.07, 6.45) is 29.8. The van der Waals surface area contributed by atoms with Crippen LogP contribution >= 0.6 is 23.2 Å². The van der Waals surface area contributed by atoms with Gasteiger partial charge in [0.1, 0.15) is 0 Å². The standard InChI is InChI=1S/C42H88Cl2OSi2/c1-37(2)46(38(3)4,41(9,10)33-29-25-21-17-13-15-19-23-27-31-35-43)45-47(39(5)6,40(7)8)42(11,12)34-30-26-22-18-14-16-20-24-28-32-36-44/h37-40H,13-36H2,1-12H3. The van der Waals surface area contributed by atoms with Gasteiger partial charge in [-0.2, -0.15) is 0 Å². The highest BCUT2D eigenvalue weighted by atomic mass is 35.5. The van der Waals surface area contributed by atoms with E-state index < -0.39 is 16.6 Å². The number of alkyl halides is 2. The van der Waals surface area contributed by atoms with Crippen molar-refractivity contribution in [3.8, 4) is 0 Å². The van der Waals surface area contributed by atoms with E-state index in [4.69, 9.17) is 27.3 Å². The molecule has 0 amide bonds. The second kappa shape index (κ2) is 25.8. The molecule has 0 aromatic heterocycles. The summed E-state index contributed by atoms with van der Waals surface area (Å²) in [5.74, 6) is 1.65. The predicted molar refractivity (Wildman–Crippen MR) is 224 cm³/mol. The van der Waals surface area contributed by atoms with Gasteiger partial charge in [0.15, 0.2) is 16.6 Å². The normalized spacial score (nSPS) is 13.7. The fourth-order valence-electron chi connectivity index (χ4n) is 10.0. The number of hydrogen-bond donors (Lipinski definition) is 0. The van der Waals surface area contributed by atoms with Crippen LogP contribution in [0, 0.1) is 0 Å². The molecule has 0 fully saturated rings. The SMILES string of the molecule is CC(C)[Si](O[Si](C(C)C)(C(C)C)C(C)(C)CCCCCCCCCCCCCl)(C(C)C)C(C)(C)CCCCCCCCCCCCCl. The summed E-state index contributed by atoms with van der Waals surface area (Å²) < 4.78 is 8.36. The Kier molecular flexibility index (Phi) is 26.4. The minimum absolute atomic E-state index is 0.264. The molecular formula is C42H88Cl2OSi2. The number of unbranched alkanes of at least 4 members (excludes halogenated alkanes) is 18. The first-order chi connectivity index (χ1) is 22.1. The topological polar surface area (TPSA) is 9.23 Å². The van der Waals surface area contributed by atoms with Gasteiger partial charge in [0.05, 0.1) is 0 Å². The van der Waals surface area contributed by atoms with Crippen molar-refractivity contribution in [2.45, 2.75) is 257 Å². The molecule has 0 aliphatic carbocycles. The van der Waals surface area contributed by atoms with Crippen LogP contribution in [0.2, 0.25) is 32.2 Å². The van der Waals surface area contributed by atoms with Crippen LogP contribution in [0.4, 0.5) is 0 Å². The number of halogens is 2. The first-order valence-electron chi connectivity index (χ1n) is 20.9. The molecule has 1 nitrogen and oxygen atoms in total. The van der Waals surface area contributed by atoms with Crippen LogP contribution in [-0.2, 0) is 4.12 Å². The third-order valence-electron chi connectivity index (χ3n) is 12.3. The summed E-state index contributed by atoms with van der Waals surface area (Å²) >= 11 is 11.7. The molecule has 0 aromatic rings. The Morgan fingerprint density at radius 3 is 0.745 bits per heavy atom. The van der Waals surface area contributed by atoms with E-state index in [9.17, 15) is 0 Å². The molecular weight excluding hydrogens is 648 g/mol. The Labute approximate surface area is 310 Å². The molecule has 0 saturated heterocycles. The second-order valence-electron chi connectivity index (χ2n) is 18.0. The molecule has 0 atom stereocenters. The molecule has 0 aliphatic rings. The Morgan fingerprint density at radius 1 is 0.362 bits per heavy atom. The van der Waals surface area contributed by atoms with E-state index >= 15 is 0 Å². The van der Waals surface area contributed by atoms with Gasteiger partial charge in [0, 0.05) is 11.8 Å². The first-order valence-corrected chi connectivity index (χ1v) is 26.1. The lowest BCUT2D eigenvalue weighted by Gasteiger charge is -2.61. The molecule has 0 unspecified atom stereocenters. The van der Waals surface area contributed by atoms with Gasteiger partial charge in [0.25, 0.3) is 0 Å². The average molecular weight is 736 g/mol. The van der Waals surface area contributed by atoms with E-state index in [1.54, 1.807) is 0 Å². The fraction of sp³-hybridized carbons (Fsp3) is 1.00.